The van der Waals surface area contributed by atoms with Gasteiger partial charge in [-0.15, -0.1) is 0 Å². The molecule has 0 fully saturated rings. The Labute approximate surface area is 158 Å². The molecule has 2 N–H and O–H groups in total. The van der Waals surface area contributed by atoms with E-state index in [1.165, 1.54) is 0 Å². The SMILES string of the molecule is COc1ccc(CC(=O)NC(=O)c2cccc(Nc3ccccc3)c2)cc1. The smallest absolute Gasteiger partial charge is 0.257 e. The highest BCUT2D eigenvalue weighted by Gasteiger charge is 2.11. The predicted molar refractivity (Wildman–Crippen MR) is 105 cm³/mol. The topological polar surface area (TPSA) is 67.4 Å². The van der Waals surface area contributed by atoms with Crippen LogP contribution in [0.3, 0.4) is 0 Å². The molecular weight excluding hydrogens is 340 g/mol. The summed E-state index contributed by atoms with van der Waals surface area (Å²) in [5.41, 5.74) is 2.92. The minimum Gasteiger partial charge on any atom is -0.497 e. The van der Waals surface area contributed by atoms with Crippen LogP contribution in [0.25, 0.3) is 0 Å². The molecule has 0 unspecified atom stereocenters. The third-order valence-electron chi connectivity index (χ3n) is 3.96. The second kappa shape index (κ2) is 8.67. The molecule has 2 amide bonds. The van der Waals surface area contributed by atoms with E-state index in [-0.39, 0.29) is 12.3 Å². The molecule has 136 valence electrons. The van der Waals surface area contributed by atoms with E-state index in [9.17, 15) is 9.59 Å². The summed E-state index contributed by atoms with van der Waals surface area (Å²) >= 11 is 0. The first-order chi connectivity index (χ1) is 13.1. The standard InChI is InChI=1S/C22H20N2O3/c1-27-20-12-10-16(11-13-20)14-21(25)24-22(26)17-6-5-9-19(15-17)23-18-7-3-2-4-8-18/h2-13,15,23H,14H2,1H3,(H,24,25,26). The maximum Gasteiger partial charge on any atom is 0.257 e. The summed E-state index contributed by atoms with van der Waals surface area (Å²) in [6, 6.07) is 23.8. The maximum atomic E-state index is 12.4. The van der Waals surface area contributed by atoms with Crippen molar-refractivity contribution < 1.29 is 14.3 Å². The molecule has 0 atom stereocenters. The number of nitrogens with one attached hydrogen (secondary N) is 2. The molecular formula is C22H20N2O3. The fraction of sp³-hybridized carbons (Fsp3) is 0.0909. The molecule has 5 nitrogen and oxygen atoms in total. The number of carbonyl (C=O) groups excluding carboxylic acids is 2. The second-order valence-electron chi connectivity index (χ2n) is 5.97. The van der Waals surface area contributed by atoms with Gasteiger partial charge in [0.2, 0.25) is 5.91 Å². The van der Waals surface area contributed by atoms with E-state index < -0.39 is 5.91 Å². The van der Waals surface area contributed by atoms with Crippen molar-refractivity contribution in [1.29, 1.82) is 0 Å². The number of carbonyl (C=O) groups is 2. The van der Waals surface area contributed by atoms with Crippen LogP contribution in [0, 0.1) is 0 Å². The van der Waals surface area contributed by atoms with Crippen LogP contribution in [0.1, 0.15) is 15.9 Å². The molecule has 0 heterocycles. The quantitative estimate of drug-likeness (QED) is 0.699. The molecule has 0 spiro atoms. The van der Waals surface area contributed by atoms with Gasteiger partial charge in [-0.1, -0.05) is 36.4 Å². The molecule has 0 radical (unpaired) electrons. The van der Waals surface area contributed by atoms with Gasteiger partial charge in [0, 0.05) is 16.9 Å². The van der Waals surface area contributed by atoms with E-state index in [1.54, 1.807) is 49.6 Å². The van der Waals surface area contributed by atoms with Gasteiger partial charge in [0.05, 0.1) is 13.5 Å². The summed E-state index contributed by atoms with van der Waals surface area (Å²) in [6.07, 6.45) is 0.123. The number of ether oxygens (including phenoxy) is 1. The van der Waals surface area contributed by atoms with E-state index in [1.807, 2.05) is 36.4 Å². The molecule has 3 rings (SSSR count). The summed E-state index contributed by atoms with van der Waals surface area (Å²) < 4.78 is 5.09. The van der Waals surface area contributed by atoms with Crippen LogP contribution < -0.4 is 15.4 Å². The molecule has 0 bridgehead atoms. The molecule has 0 aliphatic rings. The summed E-state index contributed by atoms with van der Waals surface area (Å²) in [5, 5.41) is 5.65. The third kappa shape index (κ3) is 5.19. The van der Waals surface area contributed by atoms with Crippen molar-refractivity contribution in [2.75, 3.05) is 12.4 Å². The molecule has 3 aromatic carbocycles. The molecule has 0 saturated carbocycles. The third-order valence-corrected chi connectivity index (χ3v) is 3.96. The molecule has 0 saturated heterocycles. The summed E-state index contributed by atoms with van der Waals surface area (Å²) in [7, 11) is 1.58. The Hall–Kier alpha value is -3.60. The highest BCUT2D eigenvalue weighted by molar-refractivity contribution is 6.05. The lowest BCUT2D eigenvalue weighted by Crippen LogP contribution is -2.31. The lowest BCUT2D eigenvalue weighted by atomic mass is 10.1. The lowest BCUT2D eigenvalue weighted by Gasteiger charge is -2.09. The average Bonchev–Trinajstić information content (AvgIpc) is 2.69. The molecule has 3 aromatic rings. The summed E-state index contributed by atoms with van der Waals surface area (Å²) in [4.78, 5) is 24.5. The van der Waals surface area contributed by atoms with E-state index in [2.05, 4.69) is 10.6 Å². The Balaban J connectivity index is 1.61. The van der Waals surface area contributed by atoms with Crippen molar-refractivity contribution in [3.63, 3.8) is 0 Å². The van der Waals surface area contributed by atoms with E-state index in [0.717, 1.165) is 22.7 Å². The Kier molecular flexibility index (Phi) is 5.84. The number of benzene rings is 3. The molecule has 5 heteroatoms. The number of rotatable bonds is 6. The predicted octanol–water partition coefficient (Wildman–Crippen LogP) is 3.94. The first kappa shape index (κ1) is 18.2. The second-order valence-corrected chi connectivity index (χ2v) is 5.97. The first-order valence-corrected chi connectivity index (χ1v) is 8.53. The number of methoxy groups -OCH3 is 1. The van der Waals surface area contributed by atoms with Crippen molar-refractivity contribution >= 4 is 23.2 Å². The van der Waals surface area contributed by atoms with Gasteiger partial charge in [-0.3, -0.25) is 14.9 Å². The zero-order chi connectivity index (χ0) is 19.1. The van der Waals surface area contributed by atoms with Crippen LogP contribution >= 0.6 is 0 Å². The van der Waals surface area contributed by atoms with Gasteiger partial charge in [-0.2, -0.15) is 0 Å². The van der Waals surface area contributed by atoms with Gasteiger partial charge in [0.25, 0.3) is 5.91 Å². The van der Waals surface area contributed by atoms with E-state index in [4.69, 9.17) is 4.74 Å². The lowest BCUT2D eigenvalue weighted by molar-refractivity contribution is -0.119. The van der Waals surface area contributed by atoms with Crippen molar-refractivity contribution in [2.45, 2.75) is 6.42 Å². The fourth-order valence-corrected chi connectivity index (χ4v) is 2.60. The summed E-state index contributed by atoms with van der Waals surface area (Å²) in [6.45, 7) is 0. The van der Waals surface area contributed by atoms with Crippen LogP contribution in [0.15, 0.2) is 78.9 Å². The Bertz CT molecular complexity index is 922. The average molecular weight is 360 g/mol. The highest BCUT2D eigenvalue weighted by atomic mass is 16.5. The van der Waals surface area contributed by atoms with E-state index in [0.29, 0.717) is 5.56 Å². The number of imide groups is 1. The molecule has 0 aliphatic heterocycles. The van der Waals surface area contributed by atoms with Crippen molar-refractivity contribution in [1.82, 2.24) is 5.32 Å². The Morgan fingerprint density at radius 3 is 2.26 bits per heavy atom. The largest absolute Gasteiger partial charge is 0.497 e. The highest BCUT2D eigenvalue weighted by Crippen LogP contribution is 2.17. The monoisotopic (exact) mass is 360 g/mol. The maximum absolute atomic E-state index is 12.4. The van der Waals surface area contributed by atoms with Gasteiger partial charge in [0.1, 0.15) is 5.75 Å². The van der Waals surface area contributed by atoms with Gasteiger partial charge < -0.3 is 10.1 Å². The van der Waals surface area contributed by atoms with Crippen molar-refractivity contribution in [3.05, 3.63) is 90.0 Å². The number of para-hydroxylation sites is 1. The fourth-order valence-electron chi connectivity index (χ4n) is 2.60. The van der Waals surface area contributed by atoms with Crippen LogP contribution in [0.4, 0.5) is 11.4 Å². The first-order valence-electron chi connectivity index (χ1n) is 8.53. The number of anilines is 2. The number of hydrogen-bond acceptors (Lipinski definition) is 4. The Morgan fingerprint density at radius 2 is 1.56 bits per heavy atom. The van der Waals surface area contributed by atoms with Crippen LogP contribution in [0.2, 0.25) is 0 Å². The van der Waals surface area contributed by atoms with Gasteiger partial charge in [0.15, 0.2) is 0 Å². The normalized spacial score (nSPS) is 10.1. The zero-order valence-electron chi connectivity index (χ0n) is 14.9. The molecule has 0 aromatic heterocycles. The van der Waals surface area contributed by atoms with Crippen LogP contribution in [-0.2, 0) is 11.2 Å². The molecule has 0 aliphatic carbocycles. The Morgan fingerprint density at radius 1 is 0.852 bits per heavy atom. The zero-order valence-corrected chi connectivity index (χ0v) is 14.9. The number of amides is 2. The van der Waals surface area contributed by atoms with Crippen LogP contribution in [0.5, 0.6) is 5.75 Å². The summed E-state index contributed by atoms with van der Waals surface area (Å²) in [5.74, 6) is -0.0604. The van der Waals surface area contributed by atoms with Gasteiger partial charge in [-0.25, -0.2) is 0 Å². The minimum atomic E-state index is -0.426. The minimum absolute atomic E-state index is 0.123. The van der Waals surface area contributed by atoms with Gasteiger partial charge in [-0.05, 0) is 48.0 Å². The van der Waals surface area contributed by atoms with Gasteiger partial charge >= 0.3 is 0 Å². The van der Waals surface area contributed by atoms with Crippen molar-refractivity contribution in [2.24, 2.45) is 0 Å². The van der Waals surface area contributed by atoms with E-state index >= 15 is 0 Å². The van der Waals surface area contributed by atoms with Crippen molar-refractivity contribution in [3.8, 4) is 5.75 Å². The number of hydrogen-bond donors (Lipinski definition) is 2. The molecule has 27 heavy (non-hydrogen) atoms. The van der Waals surface area contributed by atoms with Crippen LogP contribution in [-0.4, -0.2) is 18.9 Å².